The molecule has 1 aromatic heterocycles. The summed E-state index contributed by atoms with van der Waals surface area (Å²) in [5.74, 6) is 0.941. The fourth-order valence-electron chi connectivity index (χ4n) is 2.18. The Morgan fingerprint density at radius 3 is 2.85 bits per heavy atom. The van der Waals surface area contributed by atoms with Crippen molar-refractivity contribution in [1.82, 2.24) is 10.3 Å². The molecule has 0 spiro atoms. The third-order valence-electron chi connectivity index (χ3n) is 3.24. The molecular formula is C17H22N2O. The number of nitrogens with zero attached hydrogens (tertiary/aromatic N) is 1. The van der Waals surface area contributed by atoms with Crippen LogP contribution < -0.4 is 10.1 Å². The Kier molecular flexibility index (Phi) is 5.56. The van der Waals surface area contributed by atoms with E-state index in [1.165, 1.54) is 11.1 Å². The predicted octanol–water partition coefficient (Wildman–Crippen LogP) is 3.37. The first-order valence-corrected chi connectivity index (χ1v) is 7.12. The topological polar surface area (TPSA) is 34.1 Å². The number of aromatic nitrogens is 1. The van der Waals surface area contributed by atoms with E-state index in [9.17, 15) is 0 Å². The van der Waals surface area contributed by atoms with Crippen LogP contribution in [0.1, 0.15) is 30.5 Å². The minimum absolute atomic E-state index is 0.268. The molecule has 1 N–H and O–H groups in total. The normalized spacial score (nSPS) is 12.1. The lowest BCUT2D eigenvalue weighted by atomic mass is 10.00. The Balaban J connectivity index is 2.10. The lowest BCUT2D eigenvalue weighted by Gasteiger charge is -2.17. The molecule has 20 heavy (non-hydrogen) atoms. The average Bonchev–Trinajstić information content (AvgIpc) is 2.52. The average molecular weight is 270 g/mol. The second kappa shape index (κ2) is 7.65. The van der Waals surface area contributed by atoms with Gasteiger partial charge in [0.2, 0.25) is 0 Å². The minimum atomic E-state index is 0.268. The Morgan fingerprint density at radius 1 is 1.25 bits per heavy atom. The summed E-state index contributed by atoms with van der Waals surface area (Å²) in [6, 6.07) is 12.7. The summed E-state index contributed by atoms with van der Waals surface area (Å²) < 4.78 is 5.70. The number of rotatable bonds is 7. The third kappa shape index (κ3) is 4.07. The quantitative estimate of drug-likeness (QED) is 0.837. The lowest BCUT2D eigenvalue weighted by molar-refractivity contribution is 0.317. The minimum Gasteiger partial charge on any atom is -0.494 e. The van der Waals surface area contributed by atoms with Crippen molar-refractivity contribution in [1.29, 1.82) is 0 Å². The third-order valence-corrected chi connectivity index (χ3v) is 3.24. The van der Waals surface area contributed by atoms with E-state index < -0.39 is 0 Å². The highest BCUT2D eigenvalue weighted by atomic mass is 16.5. The number of pyridine rings is 1. The molecule has 1 atom stereocenters. The lowest BCUT2D eigenvalue weighted by Crippen LogP contribution is -2.19. The van der Waals surface area contributed by atoms with Crippen LogP contribution >= 0.6 is 0 Å². The van der Waals surface area contributed by atoms with Gasteiger partial charge in [0.25, 0.3) is 0 Å². The van der Waals surface area contributed by atoms with E-state index in [1.54, 1.807) is 6.20 Å². The first-order valence-electron chi connectivity index (χ1n) is 7.12. The van der Waals surface area contributed by atoms with Crippen LogP contribution in [-0.4, -0.2) is 18.6 Å². The van der Waals surface area contributed by atoms with Gasteiger partial charge in [0, 0.05) is 18.4 Å². The first-order chi connectivity index (χ1) is 9.83. The predicted molar refractivity (Wildman–Crippen MR) is 82.0 cm³/mol. The first kappa shape index (κ1) is 14.5. The standard InChI is InChI=1S/C17H22N2O/c1-3-10-20-16-8-4-7-15(12-16)17(18-2)11-14-6-5-9-19-13-14/h4-9,12-13,17-18H,3,10-11H2,1-2H3. The highest BCUT2D eigenvalue weighted by molar-refractivity contribution is 5.31. The molecule has 3 nitrogen and oxygen atoms in total. The maximum Gasteiger partial charge on any atom is 0.119 e. The molecule has 0 saturated heterocycles. The van der Waals surface area contributed by atoms with Gasteiger partial charge in [-0.15, -0.1) is 0 Å². The Hall–Kier alpha value is -1.87. The van der Waals surface area contributed by atoms with Crippen LogP contribution in [0.15, 0.2) is 48.8 Å². The Bertz CT molecular complexity index is 513. The molecule has 1 aromatic carbocycles. The van der Waals surface area contributed by atoms with E-state index >= 15 is 0 Å². The molecule has 0 aliphatic heterocycles. The van der Waals surface area contributed by atoms with E-state index in [0.29, 0.717) is 0 Å². The van der Waals surface area contributed by atoms with Crippen molar-refractivity contribution in [2.45, 2.75) is 25.8 Å². The molecule has 0 aliphatic rings. The van der Waals surface area contributed by atoms with Gasteiger partial charge >= 0.3 is 0 Å². The van der Waals surface area contributed by atoms with Crippen molar-refractivity contribution < 1.29 is 4.74 Å². The van der Waals surface area contributed by atoms with Gasteiger partial charge in [-0.1, -0.05) is 25.1 Å². The second-order valence-corrected chi connectivity index (χ2v) is 4.83. The molecule has 1 unspecified atom stereocenters. The van der Waals surface area contributed by atoms with Gasteiger partial charge in [0.05, 0.1) is 6.61 Å². The van der Waals surface area contributed by atoms with Crippen LogP contribution in [0, 0.1) is 0 Å². The summed E-state index contributed by atoms with van der Waals surface area (Å²) in [6.45, 7) is 2.87. The van der Waals surface area contributed by atoms with Crippen LogP contribution in [0.3, 0.4) is 0 Å². The molecule has 1 heterocycles. The van der Waals surface area contributed by atoms with Gasteiger partial charge in [0.15, 0.2) is 0 Å². The summed E-state index contributed by atoms with van der Waals surface area (Å²) in [5.41, 5.74) is 2.47. The zero-order chi connectivity index (χ0) is 14.2. The van der Waals surface area contributed by atoms with Crippen LogP contribution in [0.25, 0.3) is 0 Å². The SMILES string of the molecule is CCCOc1cccc(C(Cc2cccnc2)NC)c1. The van der Waals surface area contributed by atoms with Crippen molar-refractivity contribution in [2.75, 3.05) is 13.7 Å². The summed E-state index contributed by atoms with van der Waals surface area (Å²) >= 11 is 0. The van der Waals surface area contributed by atoms with Gasteiger partial charge in [-0.25, -0.2) is 0 Å². The van der Waals surface area contributed by atoms with Gasteiger partial charge in [-0.2, -0.15) is 0 Å². The molecule has 0 bridgehead atoms. The second-order valence-electron chi connectivity index (χ2n) is 4.83. The van der Waals surface area contributed by atoms with Crippen molar-refractivity contribution in [2.24, 2.45) is 0 Å². The molecule has 3 heteroatoms. The van der Waals surface area contributed by atoms with Crippen molar-refractivity contribution in [3.8, 4) is 5.75 Å². The monoisotopic (exact) mass is 270 g/mol. The maximum atomic E-state index is 5.70. The molecule has 2 aromatic rings. The molecule has 2 rings (SSSR count). The Labute approximate surface area is 121 Å². The molecular weight excluding hydrogens is 248 g/mol. The fourth-order valence-corrected chi connectivity index (χ4v) is 2.18. The molecule has 0 aliphatic carbocycles. The van der Waals surface area contributed by atoms with E-state index in [0.717, 1.165) is 25.2 Å². The van der Waals surface area contributed by atoms with Crippen LogP contribution in [0.5, 0.6) is 5.75 Å². The van der Waals surface area contributed by atoms with Crippen LogP contribution in [-0.2, 0) is 6.42 Å². The van der Waals surface area contributed by atoms with Crippen LogP contribution in [0.4, 0.5) is 0 Å². The van der Waals surface area contributed by atoms with Gasteiger partial charge in [-0.05, 0) is 49.2 Å². The summed E-state index contributed by atoms with van der Waals surface area (Å²) in [4.78, 5) is 4.17. The zero-order valence-corrected chi connectivity index (χ0v) is 12.2. The van der Waals surface area contributed by atoms with Gasteiger partial charge < -0.3 is 10.1 Å². The number of ether oxygens (including phenoxy) is 1. The summed E-state index contributed by atoms with van der Waals surface area (Å²) in [6.07, 6.45) is 5.66. The zero-order valence-electron chi connectivity index (χ0n) is 12.2. The molecule has 0 fully saturated rings. The van der Waals surface area contributed by atoms with E-state index in [1.807, 2.05) is 31.4 Å². The summed E-state index contributed by atoms with van der Waals surface area (Å²) in [7, 11) is 1.99. The van der Waals surface area contributed by atoms with Gasteiger partial charge in [0.1, 0.15) is 5.75 Å². The number of hydrogen-bond donors (Lipinski definition) is 1. The highest BCUT2D eigenvalue weighted by Gasteiger charge is 2.11. The maximum absolute atomic E-state index is 5.70. The smallest absolute Gasteiger partial charge is 0.119 e. The van der Waals surface area contributed by atoms with Gasteiger partial charge in [-0.3, -0.25) is 4.98 Å². The van der Waals surface area contributed by atoms with Crippen molar-refractivity contribution in [3.05, 3.63) is 59.9 Å². The van der Waals surface area contributed by atoms with E-state index in [-0.39, 0.29) is 6.04 Å². The largest absolute Gasteiger partial charge is 0.494 e. The van der Waals surface area contributed by atoms with Crippen LogP contribution in [0.2, 0.25) is 0 Å². The molecule has 0 saturated carbocycles. The molecule has 106 valence electrons. The number of benzene rings is 1. The van der Waals surface area contributed by atoms with Crippen molar-refractivity contribution in [3.63, 3.8) is 0 Å². The number of likely N-dealkylation sites (N-methyl/N-ethyl adjacent to an activating group) is 1. The number of nitrogens with one attached hydrogen (secondary N) is 1. The molecule has 0 radical (unpaired) electrons. The van der Waals surface area contributed by atoms with Crippen molar-refractivity contribution >= 4 is 0 Å². The summed E-state index contributed by atoms with van der Waals surface area (Å²) in [5, 5.41) is 3.37. The highest BCUT2D eigenvalue weighted by Crippen LogP contribution is 2.22. The van der Waals surface area contributed by atoms with E-state index in [2.05, 4.69) is 35.4 Å². The molecule has 0 amide bonds. The Morgan fingerprint density at radius 2 is 2.15 bits per heavy atom. The number of hydrogen-bond acceptors (Lipinski definition) is 3. The van der Waals surface area contributed by atoms with E-state index in [4.69, 9.17) is 4.74 Å². The fraction of sp³-hybridized carbons (Fsp3) is 0.353.